The molecule has 3 N–H and O–H groups in total. The van der Waals surface area contributed by atoms with E-state index in [4.69, 9.17) is 0 Å². The highest BCUT2D eigenvalue weighted by Gasteiger charge is 2.23. The number of tetrazole rings is 1. The Kier molecular flexibility index (Phi) is 4.02. The summed E-state index contributed by atoms with van der Waals surface area (Å²) in [5.74, 6) is -0.00948. The lowest BCUT2D eigenvalue weighted by Gasteiger charge is -2.10. The number of amides is 1. The first-order chi connectivity index (χ1) is 10.0. The van der Waals surface area contributed by atoms with Gasteiger partial charge in [-0.15, -0.1) is 10.2 Å². The summed E-state index contributed by atoms with van der Waals surface area (Å²) in [6, 6.07) is 0.748. The topological polar surface area (TPSA) is 152 Å². The number of rotatable bonds is 5. The minimum Gasteiger partial charge on any atom is -0.373 e. The van der Waals surface area contributed by atoms with E-state index in [0.29, 0.717) is 5.82 Å². The number of nitrogens with zero attached hydrogens (tertiary/aromatic N) is 5. The van der Waals surface area contributed by atoms with Gasteiger partial charge in [-0.25, -0.2) is 4.98 Å². The Hall–Kier alpha value is -3.11. The van der Waals surface area contributed by atoms with Crippen LogP contribution in [0.15, 0.2) is 12.3 Å². The predicted molar refractivity (Wildman–Crippen MR) is 70.5 cm³/mol. The number of hydrogen-bond acceptors (Lipinski definition) is 8. The number of aromatic nitrogens is 5. The van der Waals surface area contributed by atoms with Crippen LogP contribution >= 0.6 is 0 Å². The van der Waals surface area contributed by atoms with Crippen molar-refractivity contribution in [2.75, 3.05) is 12.4 Å². The number of hydrogen-bond donors (Lipinski definition) is 3. The van der Waals surface area contributed by atoms with Crippen molar-refractivity contribution in [2.45, 2.75) is 13.0 Å². The maximum Gasteiger partial charge on any atom is 0.300 e. The first-order valence-electron chi connectivity index (χ1n) is 5.89. The molecule has 1 atom stereocenters. The van der Waals surface area contributed by atoms with Crippen molar-refractivity contribution in [3.8, 4) is 0 Å². The fraction of sp³-hybridized carbons (Fsp3) is 0.300. The standard InChI is InChI=1S/C10H12N8O3/c1-5(9-14-16-17-15-9)13-10(19)6-3-8(11-2)12-4-7(6)18(20)21/h3-5H,1-2H3,(H,11,12)(H,13,19)(H,14,15,16,17). The molecule has 1 unspecified atom stereocenters. The summed E-state index contributed by atoms with van der Waals surface area (Å²) >= 11 is 0. The fourth-order valence-corrected chi connectivity index (χ4v) is 1.60. The average Bonchev–Trinajstić information content (AvgIpc) is 3.00. The SMILES string of the molecule is CNc1cc(C(=O)NC(C)c2nn[nH]n2)c([N+](=O)[O-])cn1. The summed E-state index contributed by atoms with van der Waals surface area (Å²) in [5, 5.41) is 29.4. The Morgan fingerprint density at radius 1 is 1.52 bits per heavy atom. The summed E-state index contributed by atoms with van der Waals surface area (Å²) in [6.07, 6.45) is 1.03. The highest BCUT2D eigenvalue weighted by Crippen LogP contribution is 2.20. The molecule has 0 aliphatic rings. The number of anilines is 1. The van der Waals surface area contributed by atoms with E-state index in [0.717, 1.165) is 6.20 Å². The number of nitrogens with one attached hydrogen (secondary N) is 3. The van der Waals surface area contributed by atoms with Gasteiger partial charge in [0.15, 0.2) is 5.82 Å². The van der Waals surface area contributed by atoms with Gasteiger partial charge in [0.25, 0.3) is 11.6 Å². The molecule has 0 bridgehead atoms. The van der Waals surface area contributed by atoms with Crippen molar-refractivity contribution in [2.24, 2.45) is 0 Å². The molecule has 21 heavy (non-hydrogen) atoms. The zero-order valence-corrected chi connectivity index (χ0v) is 11.2. The number of carbonyl (C=O) groups excluding carboxylic acids is 1. The van der Waals surface area contributed by atoms with Gasteiger partial charge in [-0.1, -0.05) is 5.21 Å². The molecule has 0 saturated carbocycles. The molecule has 0 spiro atoms. The first-order valence-corrected chi connectivity index (χ1v) is 5.89. The lowest BCUT2D eigenvalue weighted by atomic mass is 10.2. The highest BCUT2D eigenvalue weighted by atomic mass is 16.6. The maximum absolute atomic E-state index is 12.2. The molecule has 2 rings (SSSR count). The minimum atomic E-state index is -0.666. The lowest BCUT2D eigenvalue weighted by Crippen LogP contribution is -2.28. The zero-order chi connectivity index (χ0) is 15.4. The largest absolute Gasteiger partial charge is 0.373 e. The number of pyridine rings is 1. The van der Waals surface area contributed by atoms with Crippen LogP contribution in [0.25, 0.3) is 0 Å². The van der Waals surface area contributed by atoms with Crippen LogP contribution in [0.1, 0.15) is 29.1 Å². The van der Waals surface area contributed by atoms with E-state index in [1.54, 1.807) is 14.0 Å². The average molecular weight is 292 g/mol. The smallest absolute Gasteiger partial charge is 0.300 e. The van der Waals surface area contributed by atoms with Crippen LogP contribution in [-0.2, 0) is 0 Å². The second kappa shape index (κ2) is 5.90. The van der Waals surface area contributed by atoms with Gasteiger partial charge in [-0.2, -0.15) is 5.21 Å². The van der Waals surface area contributed by atoms with Crippen LogP contribution in [0.2, 0.25) is 0 Å². The maximum atomic E-state index is 12.2. The van der Waals surface area contributed by atoms with Gasteiger partial charge in [0, 0.05) is 13.1 Å². The van der Waals surface area contributed by atoms with Crippen molar-refractivity contribution in [3.05, 3.63) is 33.8 Å². The van der Waals surface area contributed by atoms with Gasteiger partial charge in [-0.3, -0.25) is 14.9 Å². The molecular weight excluding hydrogens is 280 g/mol. The summed E-state index contributed by atoms with van der Waals surface area (Å²) in [6.45, 7) is 1.63. The normalized spacial score (nSPS) is 11.7. The first kappa shape index (κ1) is 14.3. The summed E-state index contributed by atoms with van der Waals surface area (Å²) in [4.78, 5) is 26.3. The van der Waals surface area contributed by atoms with Gasteiger partial charge in [0.1, 0.15) is 17.6 Å². The Balaban J connectivity index is 2.27. The second-order valence-corrected chi connectivity index (χ2v) is 4.06. The van der Waals surface area contributed by atoms with E-state index in [2.05, 4.69) is 36.2 Å². The van der Waals surface area contributed by atoms with E-state index in [1.807, 2.05) is 0 Å². The molecule has 11 heteroatoms. The van der Waals surface area contributed by atoms with E-state index in [9.17, 15) is 14.9 Å². The molecule has 2 heterocycles. The number of nitro groups is 1. The van der Waals surface area contributed by atoms with Crippen LogP contribution in [0.5, 0.6) is 0 Å². The summed E-state index contributed by atoms with van der Waals surface area (Å²) < 4.78 is 0. The Morgan fingerprint density at radius 3 is 2.86 bits per heavy atom. The quantitative estimate of drug-likeness (QED) is 0.515. The molecule has 11 nitrogen and oxygen atoms in total. The van der Waals surface area contributed by atoms with Crippen molar-refractivity contribution in [1.82, 2.24) is 30.9 Å². The Morgan fingerprint density at radius 2 is 2.29 bits per heavy atom. The van der Waals surface area contributed by atoms with Gasteiger partial charge >= 0.3 is 0 Å². The second-order valence-electron chi connectivity index (χ2n) is 4.06. The molecule has 0 aliphatic carbocycles. The van der Waals surface area contributed by atoms with Gasteiger partial charge < -0.3 is 10.6 Å². The molecule has 0 saturated heterocycles. The monoisotopic (exact) mass is 292 g/mol. The van der Waals surface area contributed by atoms with Gasteiger partial charge in [0.05, 0.1) is 11.0 Å². The molecule has 1 amide bonds. The third-order valence-corrected chi connectivity index (χ3v) is 2.68. The van der Waals surface area contributed by atoms with E-state index in [-0.39, 0.29) is 17.1 Å². The zero-order valence-electron chi connectivity index (χ0n) is 11.2. The Labute approximate surface area is 118 Å². The minimum absolute atomic E-state index is 0.102. The van der Waals surface area contributed by atoms with E-state index in [1.165, 1.54) is 6.07 Å². The molecule has 0 fully saturated rings. The number of carbonyl (C=O) groups is 1. The predicted octanol–water partition coefficient (Wildman–Crippen LogP) is 0.0356. The number of aromatic amines is 1. The molecule has 0 radical (unpaired) electrons. The van der Waals surface area contributed by atoms with Crippen LogP contribution in [0, 0.1) is 10.1 Å². The number of H-pyrrole nitrogens is 1. The summed E-state index contributed by atoms with van der Waals surface area (Å²) in [5.41, 5.74) is -0.485. The van der Waals surface area contributed by atoms with Crippen LogP contribution in [-0.4, -0.2) is 43.5 Å². The van der Waals surface area contributed by atoms with Crippen molar-refractivity contribution < 1.29 is 9.72 Å². The summed E-state index contributed by atoms with van der Waals surface area (Å²) in [7, 11) is 1.60. The fourth-order valence-electron chi connectivity index (χ4n) is 1.60. The Bertz CT molecular complexity index is 656. The third kappa shape index (κ3) is 3.08. The van der Waals surface area contributed by atoms with Crippen LogP contribution in [0.3, 0.4) is 0 Å². The lowest BCUT2D eigenvalue weighted by molar-refractivity contribution is -0.385. The molecule has 110 valence electrons. The molecule has 0 aliphatic heterocycles. The van der Waals surface area contributed by atoms with Gasteiger partial charge in [0.2, 0.25) is 0 Å². The van der Waals surface area contributed by atoms with E-state index < -0.39 is 16.9 Å². The van der Waals surface area contributed by atoms with E-state index >= 15 is 0 Å². The highest BCUT2D eigenvalue weighted by molar-refractivity contribution is 5.98. The molecule has 2 aromatic heterocycles. The third-order valence-electron chi connectivity index (χ3n) is 2.68. The molecule has 0 aromatic carbocycles. The van der Waals surface area contributed by atoms with Gasteiger partial charge in [-0.05, 0) is 6.92 Å². The molecular formula is C10H12N8O3. The van der Waals surface area contributed by atoms with Crippen molar-refractivity contribution >= 4 is 17.4 Å². The van der Waals surface area contributed by atoms with Crippen LogP contribution in [0.4, 0.5) is 11.5 Å². The van der Waals surface area contributed by atoms with Crippen molar-refractivity contribution in [3.63, 3.8) is 0 Å². The van der Waals surface area contributed by atoms with Crippen molar-refractivity contribution in [1.29, 1.82) is 0 Å². The molecule has 2 aromatic rings. The van der Waals surface area contributed by atoms with Crippen LogP contribution < -0.4 is 10.6 Å².